The van der Waals surface area contributed by atoms with E-state index in [4.69, 9.17) is 11.6 Å². The Morgan fingerprint density at radius 2 is 2.00 bits per heavy atom. The predicted octanol–water partition coefficient (Wildman–Crippen LogP) is 3.65. The van der Waals surface area contributed by atoms with Crippen LogP contribution in [0.5, 0.6) is 0 Å². The third-order valence-electron chi connectivity index (χ3n) is 3.14. The summed E-state index contributed by atoms with van der Waals surface area (Å²) >= 11 is 5.79. The van der Waals surface area contributed by atoms with Gasteiger partial charge in [0, 0.05) is 29.5 Å². The van der Waals surface area contributed by atoms with Crippen molar-refractivity contribution >= 4 is 17.5 Å². The van der Waals surface area contributed by atoms with Gasteiger partial charge in [-0.2, -0.15) is 0 Å². The minimum atomic E-state index is -2.57. The number of alkyl halides is 2. The smallest absolute Gasteiger partial charge is 0.251 e. The van der Waals surface area contributed by atoms with Gasteiger partial charge < -0.3 is 5.32 Å². The first kappa shape index (κ1) is 13.3. The van der Waals surface area contributed by atoms with Crippen molar-refractivity contribution < 1.29 is 13.6 Å². The van der Waals surface area contributed by atoms with Crippen LogP contribution in [0.3, 0.4) is 0 Å². The molecule has 1 aliphatic rings. The van der Waals surface area contributed by atoms with Crippen molar-refractivity contribution in [1.29, 1.82) is 0 Å². The van der Waals surface area contributed by atoms with Gasteiger partial charge in [0.15, 0.2) is 0 Å². The number of carbonyl (C=O) groups is 1. The summed E-state index contributed by atoms with van der Waals surface area (Å²) in [6.45, 7) is 0. The fourth-order valence-electron chi connectivity index (χ4n) is 2.08. The maximum Gasteiger partial charge on any atom is 0.251 e. The van der Waals surface area contributed by atoms with Crippen LogP contribution in [0.4, 0.5) is 8.78 Å². The monoisotopic (exact) mass is 273 g/mol. The van der Waals surface area contributed by atoms with Gasteiger partial charge in [0.1, 0.15) is 0 Å². The lowest BCUT2D eigenvalue weighted by molar-refractivity contribution is -0.0399. The Morgan fingerprint density at radius 1 is 1.33 bits per heavy atom. The van der Waals surface area contributed by atoms with Crippen molar-refractivity contribution in [2.24, 2.45) is 0 Å². The van der Waals surface area contributed by atoms with E-state index < -0.39 is 5.92 Å². The van der Waals surface area contributed by atoms with Gasteiger partial charge in [0.25, 0.3) is 5.91 Å². The second-order valence-electron chi connectivity index (χ2n) is 4.61. The number of hydrogen-bond acceptors (Lipinski definition) is 1. The molecule has 0 aliphatic heterocycles. The van der Waals surface area contributed by atoms with Crippen LogP contribution in [0.15, 0.2) is 24.3 Å². The molecule has 1 N–H and O–H groups in total. The first-order chi connectivity index (χ1) is 8.46. The molecule has 1 aliphatic carbocycles. The SMILES string of the molecule is O=C(NC1CCC(F)(F)CC1)c1cccc(Cl)c1. The molecule has 0 heterocycles. The first-order valence-corrected chi connectivity index (χ1v) is 6.28. The largest absolute Gasteiger partial charge is 0.349 e. The minimum Gasteiger partial charge on any atom is -0.349 e. The van der Waals surface area contributed by atoms with E-state index in [1.807, 2.05) is 0 Å². The van der Waals surface area contributed by atoms with Crippen molar-refractivity contribution in [2.45, 2.75) is 37.6 Å². The number of rotatable bonds is 2. The molecule has 0 bridgehead atoms. The van der Waals surface area contributed by atoms with Crippen molar-refractivity contribution in [3.63, 3.8) is 0 Å². The van der Waals surface area contributed by atoms with Gasteiger partial charge in [-0.25, -0.2) is 8.78 Å². The topological polar surface area (TPSA) is 29.1 Å². The van der Waals surface area contributed by atoms with Crippen molar-refractivity contribution in [3.05, 3.63) is 34.9 Å². The average molecular weight is 274 g/mol. The van der Waals surface area contributed by atoms with Crippen LogP contribution in [-0.4, -0.2) is 17.9 Å². The van der Waals surface area contributed by atoms with Crippen LogP contribution >= 0.6 is 11.6 Å². The predicted molar refractivity (Wildman–Crippen MR) is 66.1 cm³/mol. The quantitative estimate of drug-likeness (QED) is 0.876. The highest BCUT2D eigenvalue weighted by atomic mass is 35.5. The Morgan fingerprint density at radius 3 is 2.61 bits per heavy atom. The Hall–Kier alpha value is -1.16. The summed E-state index contributed by atoms with van der Waals surface area (Å²) in [7, 11) is 0. The van der Waals surface area contributed by atoms with E-state index in [-0.39, 0.29) is 24.8 Å². The summed E-state index contributed by atoms with van der Waals surface area (Å²) in [4.78, 5) is 11.9. The van der Waals surface area contributed by atoms with E-state index in [2.05, 4.69) is 5.32 Å². The minimum absolute atomic E-state index is 0.159. The summed E-state index contributed by atoms with van der Waals surface area (Å²) in [5.41, 5.74) is 0.458. The maximum atomic E-state index is 13.0. The third kappa shape index (κ3) is 3.42. The Kier molecular flexibility index (Phi) is 3.85. The number of nitrogens with one attached hydrogen (secondary N) is 1. The van der Waals surface area contributed by atoms with E-state index in [0.717, 1.165) is 0 Å². The van der Waals surface area contributed by atoms with Crippen LogP contribution < -0.4 is 5.32 Å². The summed E-state index contributed by atoms with van der Waals surface area (Å²) in [5, 5.41) is 3.25. The lowest BCUT2D eigenvalue weighted by Crippen LogP contribution is -2.40. The van der Waals surface area contributed by atoms with Gasteiger partial charge >= 0.3 is 0 Å². The summed E-state index contributed by atoms with van der Waals surface area (Å²) < 4.78 is 25.9. The second kappa shape index (κ2) is 5.22. The third-order valence-corrected chi connectivity index (χ3v) is 3.37. The zero-order chi connectivity index (χ0) is 13.2. The number of halogens is 3. The maximum absolute atomic E-state index is 13.0. The fraction of sp³-hybridized carbons (Fsp3) is 0.462. The lowest BCUT2D eigenvalue weighted by Gasteiger charge is -2.28. The molecule has 0 aromatic heterocycles. The molecule has 0 unspecified atom stereocenters. The molecule has 1 aromatic rings. The van der Waals surface area contributed by atoms with Crippen molar-refractivity contribution in [2.75, 3.05) is 0 Å². The summed E-state index contributed by atoms with van der Waals surface area (Å²) in [5.74, 6) is -2.83. The average Bonchev–Trinajstić information content (AvgIpc) is 2.32. The van der Waals surface area contributed by atoms with E-state index in [0.29, 0.717) is 23.4 Å². The van der Waals surface area contributed by atoms with E-state index in [1.165, 1.54) is 0 Å². The fourth-order valence-corrected chi connectivity index (χ4v) is 2.27. The van der Waals surface area contributed by atoms with Crippen LogP contribution in [0.2, 0.25) is 5.02 Å². The first-order valence-electron chi connectivity index (χ1n) is 5.90. The van der Waals surface area contributed by atoms with E-state index in [1.54, 1.807) is 24.3 Å². The normalized spacial score (nSPS) is 19.5. The van der Waals surface area contributed by atoms with Gasteiger partial charge in [-0.1, -0.05) is 17.7 Å². The molecule has 2 rings (SSSR count). The number of amides is 1. The Balaban J connectivity index is 1.93. The molecule has 0 atom stereocenters. The highest BCUT2D eigenvalue weighted by molar-refractivity contribution is 6.30. The van der Waals surface area contributed by atoms with Gasteiger partial charge in [-0.3, -0.25) is 4.79 Å². The van der Waals surface area contributed by atoms with E-state index >= 15 is 0 Å². The second-order valence-corrected chi connectivity index (χ2v) is 5.05. The van der Waals surface area contributed by atoms with Gasteiger partial charge in [-0.05, 0) is 31.0 Å². The Labute approximate surface area is 109 Å². The molecule has 0 radical (unpaired) electrons. The van der Waals surface area contributed by atoms with Crippen LogP contribution in [0.1, 0.15) is 36.0 Å². The standard InChI is InChI=1S/C13H14ClF2NO/c14-10-3-1-2-9(8-10)12(18)17-11-4-6-13(15,16)7-5-11/h1-3,8,11H,4-7H2,(H,17,18). The molecule has 5 heteroatoms. The van der Waals surface area contributed by atoms with Crippen LogP contribution in [0, 0.1) is 0 Å². The molecule has 1 aromatic carbocycles. The zero-order valence-electron chi connectivity index (χ0n) is 9.76. The number of benzene rings is 1. The highest BCUT2D eigenvalue weighted by Gasteiger charge is 2.35. The molecule has 98 valence electrons. The van der Waals surface area contributed by atoms with E-state index in [9.17, 15) is 13.6 Å². The number of carbonyl (C=O) groups excluding carboxylic acids is 1. The molecule has 1 amide bonds. The zero-order valence-corrected chi connectivity index (χ0v) is 10.5. The lowest BCUT2D eigenvalue weighted by atomic mass is 9.92. The number of hydrogen-bond donors (Lipinski definition) is 1. The van der Waals surface area contributed by atoms with Crippen LogP contribution in [-0.2, 0) is 0 Å². The van der Waals surface area contributed by atoms with Gasteiger partial charge in [0.2, 0.25) is 5.92 Å². The molecule has 0 spiro atoms. The molecular weight excluding hydrogens is 260 g/mol. The Bertz CT molecular complexity index is 440. The van der Waals surface area contributed by atoms with Crippen molar-refractivity contribution in [3.8, 4) is 0 Å². The van der Waals surface area contributed by atoms with Gasteiger partial charge in [-0.15, -0.1) is 0 Å². The van der Waals surface area contributed by atoms with Crippen LogP contribution in [0.25, 0.3) is 0 Å². The summed E-state index contributed by atoms with van der Waals surface area (Å²) in [6, 6.07) is 6.41. The summed E-state index contributed by atoms with van der Waals surface area (Å²) in [6.07, 6.45) is 0.319. The molecule has 1 fully saturated rings. The molecule has 1 saturated carbocycles. The molecule has 0 saturated heterocycles. The molecule has 18 heavy (non-hydrogen) atoms. The van der Waals surface area contributed by atoms with Crippen molar-refractivity contribution in [1.82, 2.24) is 5.32 Å². The molecular formula is C13H14ClF2NO. The highest BCUT2D eigenvalue weighted by Crippen LogP contribution is 2.33. The van der Waals surface area contributed by atoms with Gasteiger partial charge in [0.05, 0.1) is 0 Å². The molecule has 2 nitrogen and oxygen atoms in total.